The van der Waals surface area contributed by atoms with Crippen molar-refractivity contribution in [2.75, 3.05) is 13.1 Å². The van der Waals surface area contributed by atoms with Crippen LogP contribution in [0.3, 0.4) is 0 Å². The fraction of sp³-hybridized carbons (Fsp3) is 0.733. The number of carbonyl (C=O) groups is 4. The average Bonchev–Trinajstić information content (AvgIpc) is 2.76. The molecule has 0 aliphatic carbocycles. The fourth-order valence-electron chi connectivity index (χ4n) is 2.64. The number of amides is 4. The Morgan fingerprint density at radius 1 is 1.05 bits per heavy atom. The first-order valence-electron chi connectivity index (χ1n) is 7.56. The molecule has 22 heavy (non-hydrogen) atoms. The minimum absolute atomic E-state index is 0.112. The van der Waals surface area contributed by atoms with E-state index in [1.807, 2.05) is 0 Å². The number of carbonyl (C=O) groups excluding carboxylic acids is 4. The average molecular weight is 310 g/mol. The van der Waals surface area contributed by atoms with Crippen LogP contribution in [-0.2, 0) is 19.1 Å². The van der Waals surface area contributed by atoms with Crippen LogP contribution in [0.25, 0.3) is 0 Å². The van der Waals surface area contributed by atoms with Crippen molar-refractivity contribution in [1.29, 1.82) is 0 Å². The van der Waals surface area contributed by atoms with Crippen LogP contribution in [0.5, 0.6) is 0 Å². The smallest absolute Gasteiger partial charge is 0.410 e. The van der Waals surface area contributed by atoms with Crippen molar-refractivity contribution in [2.45, 2.75) is 52.1 Å². The molecule has 2 rings (SSSR count). The summed E-state index contributed by atoms with van der Waals surface area (Å²) in [7, 11) is 0. The van der Waals surface area contributed by atoms with Crippen LogP contribution in [0.4, 0.5) is 4.79 Å². The number of rotatable bonds is 1. The largest absolute Gasteiger partial charge is 0.444 e. The van der Waals surface area contributed by atoms with E-state index in [-0.39, 0.29) is 18.8 Å². The van der Waals surface area contributed by atoms with E-state index < -0.39 is 29.4 Å². The third kappa shape index (κ3) is 3.64. The number of ether oxygens (including phenoxy) is 1. The highest BCUT2D eigenvalue weighted by atomic mass is 16.6. The number of hydrogen-bond acceptors (Lipinski definition) is 5. The summed E-state index contributed by atoms with van der Waals surface area (Å²) >= 11 is 0. The van der Waals surface area contributed by atoms with Gasteiger partial charge in [0.15, 0.2) is 0 Å². The Kier molecular flexibility index (Phi) is 4.53. The summed E-state index contributed by atoms with van der Waals surface area (Å²) in [6.07, 6.45) is 0.708. The van der Waals surface area contributed by atoms with Gasteiger partial charge in [-0.3, -0.25) is 14.4 Å². The molecule has 0 unspecified atom stereocenters. The molecule has 0 bridgehead atoms. The van der Waals surface area contributed by atoms with Gasteiger partial charge in [0.1, 0.15) is 5.60 Å². The molecule has 0 N–H and O–H groups in total. The Hall–Kier alpha value is -1.92. The lowest BCUT2D eigenvalue weighted by atomic mass is 9.95. The molecule has 2 heterocycles. The molecule has 0 aromatic carbocycles. The monoisotopic (exact) mass is 310 g/mol. The quantitative estimate of drug-likeness (QED) is 0.682. The normalized spacial score (nSPS) is 20.5. The summed E-state index contributed by atoms with van der Waals surface area (Å²) in [5.74, 6) is -1.63. The molecular formula is C15H22N2O5. The molecule has 2 fully saturated rings. The topological polar surface area (TPSA) is 84.0 Å². The summed E-state index contributed by atoms with van der Waals surface area (Å²) in [4.78, 5) is 49.8. The molecule has 7 nitrogen and oxygen atoms in total. The Morgan fingerprint density at radius 3 is 2.00 bits per heavy atom. The Bertz CT molecular complexity index is 485. The highest BCUT2D eigenvalue weighted by Crippen LogP contribution is 2.24. The van der Waals surface area contributed by atoms with Gasteiger partial charge in [0, 0.05) is 31.8 Å². The van der Waals surface area contributed by atoms with Gasteiger partial charge >= 0.3 is 6.09 Å². The summed E-state index contributed by atoms with van der Waals surface area (Å²) in [5.41, 5.74) is -0.557. The van der Waals surface area contributed by atoms with E-state index >= 15 is 0 Å². The predicted octanol–water partition coefficient (Wildman–Crippen LogP) is 1.31. The highest BCUT2D eigenvalue weighted by molar-refractivity contribution is 6.15. The van der Waals surface area contributed by atoms with Crippen molar-refractivity contribution in [1.82, 2.24) is 9.80 Å². The van der Waals surface area contributed by atoms with Gasteiger partial charge in [-0.15, -0.1) is 0 Å². The van der Waals surface area contributed by atoms with Crippen LogP contribution in [0, 0.1) is 5.92 Å². The third-order valence-electron chi connectivity index (χ3n) is 3.77. The van der Waals surface area contributed by atoms with Crippen molar-refractivity contribution in [3.05, 3.63) is 0 Å². The van der Waals surface area contributed by atoms with E-state index in [0.717, 1.165) is 4.90 Å². The number of imide groups is 3. The van der Waals surface area contributed by atoms with Gasteiger partial charge in [0.05, 0.1) is 0 Å². The van der Waals surface area contributed by atoms with Gasteiger partial charge < -0.3 is 9.64 Å². The fourth-order valence-corrected chi connectivity index (χ4v) is 2.64. The van der Waals surface area contributed by atoms with Crippen LogP contribution in [0.2, 0.25) is 0 Å². The summed E-state index contributed by atoms with van der Waals surface area (Å²) in [6, 6.07) is 0. The van der Waals surface area contributed by atoms with E-state index in [2.05, 4.69) is 0 Å². The zero-order valence-corrected chi connectivity index (χ0v) is 13.3. The minimum atomic E-state index is -0.557. The van der Waals surface area contributed by atoms with Gasteiger partial charge in [-0.2, -0.15) is 0 Å². The van der Waals surface area contributed by atoms with E-state index in [4.69, 9.17) is 4.74 Å². The standard InChI is InChI=1S/C15H22N2O5/c1-15(2,3)22-14(21)16-8-6-10(7-9-16)13(20)17-11(18)4-5-12(17)19/h10H,4-9H2,1-3H3. The number of hydrogen-bond donors (Lipinski definition) is 0. The van der Waals surface area contributed by atoms with E-state index in [9.17, 15) is 19.2 Å². The molecule has 2 saturated heterocycles. The molecule has 0 spiro atoms. The molecule has 0 aromatic rings. The molecule has 0 atom stereocenters. The molecule has 122 valence electrons. The second-order valence-corrected chi connectivity index (χ2v) is 6.70. The second kappa shape index (κ2) is 6.06. The first kappa shape index (κ1) is 16.5. The zero-order chi connectivity index (χ0) is 16.5. The maximum Gasteiger partial charge on any atom is 0.410 e. The number of likely N-dealkylation sites (tertiary alicyclic amines) is 2. The van der Waals surface area contributed by atoms with Gasteiger partial charge in [-0.1, -0.05) is 0 Å². The molecule has 2 aliphatic heterocycles. The maximum absolute atomic E-state index is 12.3. The summed E-state index contributed by atoms with van der Waals surface area (Å²) < 4.78 is 5.29. The van der Waals surface area contributed by atoms with Crippen molar-refractivity contribution >= 4 is 23.8 Å². The Labute approximate surface area is 129 Å². The number of nitrogens with zero attached hydrogens (tertiary/aromatic N) is 2. The van der Waals surface area contributed by atoms with E-state index in [1.165, 1.54) is 0 Å². The zero-order valence-electron chi connectivity index (χ0n) is 13.3. The van der Waals surface area contributed by atoms with Crippen LogP contribution < -0.4 is 0 Å². The molecular weight excluding hydrogens is 288 g/mol. The molecule has 0 radical (unpaired) electrons. The first-order chi connectivity index (χ1) is 10.2. The van der Waals surface area contributed by atoms with Crippen molar-refractivity contribution in [3.63, 3.8) is 0 Å². The van der Waals surface area contributed by atoms with Crippen LogP contribution in [-0.4, -0.2) is 52.3 Å². The van der Waals surface area contributed by atoms with Crippen LogP contribution in [0.15, 0.2) is 0 Å². The summed E-state index contributed by atoms with van der Waals surface area (Å²) in [5, 5.41) is 0. The van der Waals surface area contributed by atoms with Crippen molar-refractivity contribution in [2.24, 2.45) is 5.92 Å². The molecule has 2 aliphatic rings. The minimum Gasteiger partial charge on any atom is -0.444 e. The van der Waals surface area contributed by atoms with Crippen molar-refractivity contribution in [3.8, 4) is 0 Å². The predicted molar refractivity (Wildman–Crippen MR) is 76.6 cm³/mol. The van der Waals surface area contributed by atoms with Gasteiger partial charge in [0.2, 0.25) is 17.7 Å². The van der Waals surface area contributed by atoms with Crippen LogP contribution in [0.1, 0.15) is 46.5 Å². The molecule has 4 amide bonds. The summed E-state index contributed by atoms with van der Waals surface area (Å²) in [6.45, 7) is 6.17. The SMILES string of the molecule is CC(C)(C)OC(=O)N1CCC(C(=O)N2C(=O)CCC2=O)CC1. The lowest BCUT2D eigenvalue weighted by molar-refractivity contribution is -0.152. The van der Waals surface area contributed by atoms with Gasteiger partial charge in [0.25, 0.3) is 0 Å². The first-order valence-corrected chi connectivity index (χ1v) is 7.56. The number of piperidine rings is 1. The van der Waals surface area contributed by atoms with E-state index in [0.29, 0.717) is 25.9 Å². The maximum atomic E-state index is 12.3. The third-order valence-corrected chi connectivity index (χ3v) is 3.77. The lowest BCUT2D eigenvalue weighted by Crippen LogP contribution is -2.47. The van der Waals surface area contributed by atoms with E-state index in [1.54, 1.807) is 25.7 Å². The molecule has 0 aromatic heterocycles. The Balaban J connectivity index is 1.89. The molecule has 0 saturated carbocycles. The van der Waals surface area contributed by atoms with Gasteiger partial charge in [-0.05, 0) is 33.6 Å². The van der Waals surface area contributed by atoms with Gasteiger partial charge in [-0.25, -0.2) is 9.69 Å². The van der Waals surface area contributed by atoms with Crippen molar-refractivity contribution < 1.29 is 23.9 Å². The Morgan fingerprint density at radius 2 is 1.55 bits per heavy atom. The highest BCUT2D eigenvalue weighted by Gasteiger charge is 2.39. The lowest BCUT2D eigenvalue weighted by Gasteiger charge is -2.33. The second-order valence-electron chi connectivity index (χ2n) is 6.70. The molecule has 7 heteroatoms. The van der Waals surface area contributed by atoms with Crippen LogP contribution >= 0.6 is 0 Å².